The first-order chi connectivity index (χ1) is 11.0. The van der Waals surface area contributed by atoms with Crippen molar-refractivity contribution in [2.75, 3.05) is 0 Å². The molecule has 128 valence electrons. The Morgan fingerprint density at radius 2 is 1.78 bits per heavy atom. The fourth-order valence-corrected chi connectivity index (χ4v) is 2.17. The van der Waals surface area contributed by atoms with E-state index in [1.54, 1.807) is 0 Å². The van der Waals surface area contributed by atoms with Gasteiger partial charge in [-0.2, -0.15) is 0 Å². The topological polar surface area (TPSA) is 70.2 Å². The lowest BCUT2D eigenvalue weighted by molar-refractivity contribution is -0.121. The Morgan fingerprint density at radius 1 is 1.09 bits per heavy atom. The molecule has 0 aromatic heterocycles. The van der Waals surface area contributed by atoms with Crippen molar-refractivity contribution in [3.63, 3.8) is 0 Å². The number of carbonyl (C=O) groups is 2. The lowest BCUT2D eigenvalue weighted by atomic mass is 10.1. The van der Waals surface area contributed by atoms with Gasteiger partial charge in [0.1, 0.15) is 5.82 Å². The molecule has 0 bridgehead atoms. The fraction of sp³-hybridized carbons (Fsp3) is 0.529. The summed E-state index contributed by atoms with van der Waals surface area (Å²) in [5.41, 5.74) is 5.33. The number of nitrogens with one attached hydrogen (secondary N) is 3. The van der Waals surface area contributed by atoms with Gasteiger partial charge in [0, 0.05) is 6.04 Å². The van der Waals surface area contributed by atoms with E-state index in [1.165, 1.54) is 43.5 Å². The summed E-state index contributed by atoms with van der Waals surface area (Å²) in [4.78, 5) is 23.3. The number of unbranched alkanes of at least 4 members (excludes halogenated alkanes) is 3. The monoisotopic (exact) mass is 323 g/mol. The van der Waals surface area contributed by atoms with Crippen molar-refractivity contribution in [1.29, 1.82) is 0 Å². The summed E-state index contributed by atoms with van der Waals surface area (Å²) in [6.45, 7) is 4.09. The molecule has 0 fully saturated rings. The Hall–Kier alpha value is -2.11. The zero-order chi connectivity index (χ0) is 17.1. The summed E-state index contributed by atoms with van der Waals surface area (Å²) in [5.74, 6) is -0.707. The highest BCUT2D eigenvalue weighted by Gasteiger charge is 2.08. The molecule has 23 heavy (non-hydrogen) atoms. The third kappa shape index (κ3) is 8.80. The van der Waals surface area contributed by atoms with Crippen LogP contribution in [0.15, 0.2) is 24.3 Å². The number of carbonyl (C=O) groups excluding carboxylic acids is 2. The van der Waals surface area contributed by atoms with Crippen molar-refractivity contribution in [1.82, 2.24) is 16.2 Å². The SMILES string of the molecule is CCCCCCC(C)NC(=O)NNC(=O)Cc1ccc(F)cc1. The molecule has 1 aromatic carbocycles. The molecule has 3 amide bonds. The summed E-state index contributed by atoms with van der Waals surface area (Å²) in [6.07, 6.45) is 5.62. The van der Waals surface area contributed by atoms with Gasteiger partial charge in [0.25, 0.3) is 0 Å². The van der Waals surface area contributed by atoms with Crippen LogP contribution in [0.2, 0.25) is 0 Å². The zero-order valence-electron chi connectivity index (χ0n) is 13.8. The second-order valence-electron chi connectivity index (χ2n) is 5.70. The molecule has 1 rings (SSSR count). The van der Waals surface area contributed by atoms with Crippen molar-refractivity contribution in [3.8, 4) is 0 Å². The predicted octanol–water partition coefficient (Wildman–Crippen LogP) is 3.06. The maximum absolute atomic E-state index is 12.8. The second-order valence-corrected chi connectivity index (χ2v) is 5.70. The molecule has 1 atom stereocenters. The van der Waals surface area contributed by atoms with E-state index in [0.717, 1.165) is 12.8 Å². The number of benzene rings is 1. The molecule has 5 nitrogen and oxygen atoms in total. The van der Waals surface area contributed by atoms with Crippen LogP contribution in [0.5, 0.6) is 0 Å². The van der Waals surface area contributed by atoms with Crippen LogP contribution in [-0.2, 0) is 11.2 Å². The number of halogens is 1. The largest absolute Gasteiger partial charge is 0.334 e. The maximum Gasteiger partial charge on any atom is 0.333 e. The quantitative estimate of drug-likeness (QED) is 0.508. The Morgan fingerprint density at radius 3 is 2.43 bits per heavy atom. The van der Waals surface area contributed by atoms with Gasteiger partial charge in [-0.25, -0.2) is 14.6 Å². The van der Waals surface area contributed by atoms with Gasteiger partial charge >= 0.3 is 6.03 Å². The first-order valence-electron chi connectivity index (χ1n) is 8.11. The fourth-order valence-electron chi connectivity index (χ4n) is 2.17. The van der Waals surface area contributed by atoms with Crippen LogP contribution in [0.1, 0.15) is 51.5 Å². The van der Waals surface area contributed by atoms with Gasteiger partial charge in [-0.15, -0.1) is 0 Å². The number of hydrogen-bond donors (Lipinski definition) is 3. The summed E-state index contributed by atoms with van der Waals surface area (Å²) in [7, 11) is 0. The number of urea groups is 1. The molecule has 0 saturated carbocycles. The third-order valence-electron chi connectivity index (χ3n) is 3.46. The minimum atomic E-state index is -0.430. The maximum atomic E-state index is 12.8. The van der Waals surface area contributed by atoms with Gasteiger partial charge in [0.2, 0.25) is 5.91 Å². The van der Waals surface area contributed by atoms with Gasteiger partial charge in [-0.05, 0) is 31.0 Å². The van der Waals surface area contributed by atoms with Gasteiger partial charge in [0.05, 0.1) is 6.42 Å². The molecule has 0 aliphatic heterocycles. The van der Waals surface area contributed by atoms with E-state index in [9.17, 15) is 14.0 Å². The summed E-state index contributed by atoms with van der Waals surface area (Å²) >= 11 is 0. The molecule has 1 unspecified atom stereocenters. The van der Waals surface area contributed by atoms with Crippen molar-refractivity contribution in [2.24, 2.45) is 0 Å². The molecule has 0 spiro atoms. The Labute approximate surface area is 137 Å². The first kappa shape index (κ1) is 18.9. The van der Waals surface area contributed by atoms with Crippen LogP contribution in [-0.4, -0.2) is 18.0 Å². The molecule has 1 aromatic rings. The normalized spacial score (nSPS) is 11.6. The average molecular weight is 323 g/mol. The van der Waals surface area contributed by atoms with Gasteiger partial charge in [-0.1, -0.05) is 44.7 Å². The molecule has 6 heteroatoms. The van der Waals surface area contributed by atoms with Crippen molar-refractivity contribution >= 4 is 11.9 Å². The number of hydrazine groups is 1. The summed E-state index contributed by atoms with van der Waals surface area (Å²) < 4.78 is 12.8. The zero-order valence-corrected chi connectivity index (χ0v) is 13.8. The second kappa shape index (κ2) is 10.6. The van der Waals surface area contributed by atoms with E-state index in [0.29, 0.717) is 5.56 Å². The highest BCUT2D eigenvalue weighted by Crippen LogP contribution is 2.05. The van der Waals surface area contributed by atoms with Crippen LogP contribution in [0.3, 0.4) is 0 Å². The highest BCUT2D eigenvalue weighted by molar-refractivity contribution is 5.82. The molecular weight excluding hydrogens is 297 g/mol. The van der Waals surface area contributed by atoms with E-state index in [-0.39, 0.29) is 24.2 Å². The molecule has 0 saturated heterocycles. The molecule has 0 aliphatic carbocycles. The van der Waals surface area contributed by atoms with E-state index >= 15 is 0 Å². The third-order valence-corrected chi connectivity index (χ3v) is 3.46. The van der Waals surface area contributed by atoms with Gasteiger partial charge in [-0.3, -0.25) is 10.2 Å². The summed E-state index contributed by atoms with van der Waals surface area (Å²) in [6, 6.07) is 5.29. The minimum Gasteiger partial charge on any atom is -0.334 e. The van der Waals surface area contributed by atoms with Crippen LogP contribution >= 0.6 is 0 Å². The van der Waals surface area contributed by atoms with E-state index in [4.69, 9.17) is 0 Å². The van der Waals surface area contributed by atoms with Crippen molar-refractivity contribution < 1.29 is 14.0 Å². The van der Waals surface area contributed by atoms with Crippen LogP contribution in [0.25, 0.3) is 0 Å². The lowest BCUT2D eigenvalue weighted by Gasteiger charge is -2.15. The highest BCUT2D eigenvalue weighted by atomic mass is 19.1. The Balaban J connectivity index is 2.19. The van der Waals surface area contributed by atoms with Gasteiger partial charge < -0.3 is 5.32 Å². The van der Waals surface area contributed by atoms with E-state index in [1.807, 2.05) is 6.92 Å². The minimum absolute atomic E-state index is 0.0563. The molecule has 0 heterocycles. The molecule has 3 N–H and O–H groups in total. The smallest absolute Gasteiger partial charge is 0.333 e. The molecule has 0 aliphatic rings. The lowest BCUT2D eigenvalue weighted by Crippen LogP contribution is -2.49. The van der Waals surface area contributed by atoms with Crippen LogP contribution in [0.4, 0.5) is 9.18 Å². The molecule has 0 radical (unpaired) electrons. The van der Waals surface area contributed by atoms with E-state index < -0.39 is 6.03 Å². The first-order valence-corrected chi connectivity index (χ1v) is 8.11. The van der Waals surface area contributed by atoms with E-state index in [2.05, 4.69) is 23.1 Å². The van der Waals surface area contributed by atoms with Crippen molar-refractivity contribution in [3.05, 3.63) is 35.6 Å². The number of amides is 3. The Bertz CT molecular complexity index is 491. The Kier molecular flexibility index (Phi) is 8.72. The van der Waals surface area contributed by atoms with Gasteiger partial charge in [0.15, 0.2) is 0 Å². The van der Waals surface area contributed by atoms with Crippen LogP contribution in [0, 0.1) is 5.82 Å². The molecular formula is C17H26FN3O2. The number of rotatable bonds is 8. The average Bonchev–Trinajstić information content (AvgIpc) is 2.52. The standard InChI is InChI=1S/C17H26FN3O2/c1-3-4-5-6-7-13(2)19-17(23)21-20-16(22)12-14-8-10-15(18)11-9-14/h8-11,13H,3-7,12H2,1-2H3,(H,20,22)(H2,19,21,23). The van der Waals surface area contributed by atoms with Crippen molar-refractivity contribution in [2.45, 2.75) is 58.4 Å². The number of hydrogen-bond acceptors (Lipinski definition) is 2. The summed E-state index contributed by atoms with van der Waals surface area (Å²) in [5, 5.41) is 2.77. The predicted molar refractivity (Wildman–Crippen MR) is 88.1 cm³/mol. The van der Waals surface area contributed by atoms with Crippen LogP contribution < -0.4 is 16.2 Å².